The third-order valence-electron chi connectivity index (χ3n) is 2.94. The van der Waals surface area contributed by atoms with Crippen molar-refractivity contribution in [2.24, 2.45) is 34.6 Å². The largest absolute Gasteiger partial charge is 0.330 e. The second kappa shape index (κ2) is 14.8. The van der Waals surface area contributed by atoms with Crippen LogP contribution < -0.4 is 34.6 Å². The Bertz CT molecular complexity index is 138. The smallest absolute Gasteiger partial charge is 0.0636 e. The quantitative estimate of drug-likeness (QED) is 0.175. The topological polar surface area (TPSA) is 156 Å². The molecule has 6 nitrogen and oxygen atoms in total. The monoisotopic (exact) mass is 262 g/mol. The zero-order valence-electron chi connectivity index (χ0n) is 11.7. The first-order valence-electron chi connectivity index (χ1n) is 6.93. The number of hydrogen-bond donors (Lipinski definition) is 6. The summed E-state index contributed by atoms with van der Waals surface area (Å²) in [6.45, 7) is 1.65. The third kappa shape index (κ3) is 15.8. The second-order valence-electron chi connectivity index (χ2n) is 4.79. The van der Waals surface area contributed by atoms with Crippen molar-refractivity contribution in [1.82, 2.24) is 0 Å². The SMILES string of the molecule is NC1(N)CCCCC1.NCCCCCCN.NN. The average molecular weight is 262 g/mol. The van der Waals surface area contributed by atoms with Gasteiger partial charge in [0.25, 0.3) is 0 Å². The summed E-state index contributed by atoms with van der Waals surface area (Å²) in [6, 6.07) is 0. The van der Waals surface area contributed by atoms with E-state index < -0.39 is 0 Å². The molecule has 1 aliphatic carbocycles. The van der Waals surface area contributed by atoms with E-state index in [1.165, 1.54) is 32.1 Å². The number of unbranched alkanes of at least 4 members (excludes halogenated alkanes) is 3. The van der Waals surface area contributed by atoms with Gasteiger partial charge in [-0.1, -0.05) is 32.1 Å². The predicted octanol–water partition coefficient (Wildman–Crippen LogP) is -0.153. The molecule has 18 heavy (non-hydrogen) atoms. The van der Waals surface area contributed by atoms with Gasteiger partial charge in [-0.3, -0.25) is 11.7 Å². The first-order chi connectivity index (χ1) is 8.62. The average Bonchev–Trinajstić information content (AvgIpc) is 2.38. The van der Waals surface area contributed by atoms with Gasteiger partial charge in [0.2, 0.25) is 0 Å². The molecule has 0 bridgehead atoms. The Balaban J connectivity index is 0. The van der Waals surface area contributed by atoms with Gasteiger partial charge >= 0.3 is 0 Å². The Morgan fingerprint density at radius 1 is 0.667 bits per heavy atom. The molecule has 0 amide bonds. The maximum atomic E-state index is 5.66. The van der Waals surface area contributed by atoms with Gasteiger partial charge in [0.05, 0.1) is 5.66 Å². The van der Waals surface area contributed by atoms with E-state index in [1.807, 2.05) is 0 Å². The molecule has 6 heteroatoms. The van der Waals surface area contributed by atoms with Crippen LogP contribution in [0.4, 0.5) is 0 Å². The summed E-state index contributed by atoms with van der Waals surface area (Å²) >= 11 is 0. The van der Waals surface area contributed by atoms with E-state index in [2.05, 4.69) is 11.7 Å². The Morgan fingerprint density at radius 2 is 1.06 bits per heavy atom. The highest BCUT2D eigenvalue weighted by Gasteiger charge is 2.21. The molecule has 1 rings (SSSR count). The van der Waals surface area contributed by atoms with Crippen LogP contribution in [0.3, 0.4) is 0 Å². The van der Waals surface area contributed by atoms with Crippen LogP contribution in [0.2, 0.25) is 0 Å². The van der Waals surface area contributed by atoms with E-state index in [-0.39, 0.29) is 5.66 Å². The van der Waals surface area contributed by atoms with Crippen LogP contribution in [0, 0.1) is 0 Å². The van der Waals surface area contributed by atoms with Gasteiger partial charge in [-0.2, -0.15) is 0 Å². The molecule has 0 heterocycles. The van der Waals surface area contributed by atoms with Gasteiger partial charge in [0, 0.05) is 0 Å². The molecule has 12 N–H and O–H groups in total. The molecule has 0 saturated heterocycles. The van der Waals surface area contributed by atoms with Gasteiger partial charge in [0.15, 0.2) is 0 Å². The number of nitrogens with two attached hydrogens (primary N) is 6. The molecule has 1 fully saturated rings. The Morgan fingerprint density at radius 3 is 1.28 bits per heavy atom. The molecule has 0 aromatic heterocycles. The lowest BCUT2D eigenvalue weighted by Gasteiger charge is -2.28. The molecule has 0 spiro atoms. The first-order valence-corrected chi connectivity index (χ1v) is 6.93. The molecule has 0 aromatic rings. The summed E-state index contributed by atoms with van der Waals surface area (Å²) in [7, 11) is 0. The van der Waals surface area contributed by atoms with E-state index in [0.29, 0.717) is 0 Å². The lowest BCUT2D eigenvalue weighted by molar-refractivity contribution is 0.306. The van der Waals surface area contributed by atoms with Crippen molar-refractivity contribution in [3.05, 3.63) is 0 Å². The summed E-state index contributed by atoms with van der Waals surface area (Å²) < 4.78 is 0. The van der Waals surface area contributed by atoms with Crippen LogP contribution in [0.15, 0.2) is 0 Å². The molecule has 0 unspecified atom stereocenters. The van der Waals surface area contributed by atoms with Crippen molar-refractivity contribution >= 4 is 0 Å². The minimum Gasteiger partial charge on any atom is -0.330 e. The third-order valence-corrected chi connectivity index (χ3v) is 2.94. The summed E-state index contributed by atoms with van der Waals surface area (Å²) in [6.07, 6.45) is 10.6. The minimum absolute atomic E-state index is 0.321. The molecule has 0 radical (unpaired) electrons. The standard InChI is InChI=1S/C6H14N2.C6H16N2.H4N2/c7-6(8)4-2-1-3-5-6;7-5-3-1-2-4-6-8;1-2/h1-5,7-8H2;1-8H2;1-2H2. The fraction of sp³-hybridized carbons (Fsp3) is 1.00. The molecule has 0 atom stereocenters. The van der Waals surface area contributed by atoms with Crippen LogP contribution in [0.25, 0.3) is 0 Å². The van der Waals surface area contributed by atoms with E-state index in [4.69, 9.17) is 22.9 Å². The highest BCUT2D eigenvalue weighted by Crippen LogP contribution is 2.20. The van der Waals surface area contributed by atoms with Crippen LogP contribution >= 0.6 is 0 Å². The molecule has 0 aliphatic heterocycles. The second-order valence-corrected chi connectivity index (χ2v) is 4.79. The van der Waals surface area contributed by atoms with Crippen molar-refractivity contribution in [3.63, 3.8) is 0 Å². The Hall–Kier alpha value is -0.240. The lowest BCUT2D eigenvalue weighted by atomic mass is 9.91. The van der Waals surface area contributed by atoms with Gasteiger partial charge in [-0.05, 0) is 38.8 Å². The normalized spacial score (nSPS) is 17.0. The maximum absolute atomic E-state index is 5.66. The molecular formula is C12H34N6. The Labute approximate surface area is 112 Å². The maximum Gasteiger partial charge on any atom is 0.0636 e. The van der Waals surface area contributed by atoms with Gasteiger partial charge < -0.3 is 22.9 Å². The summed E-state index contributed by atoms with van der Waals surface area (Å²) in [4.78, 5) is 0. The highest BCUT2D eigenvalue weighted by atomic mass is 15.0. The first kappa shape index (κ1) is 20.1. The van der Waals surface area contributed by atoms with E-state index in [1.54, 1.807) is 0 Å². The van der Waals surface area contributed by atoms with Crippen LogP contribution in [0.1, 0.15) is 57.8 Å². The van der Waals surface area contributed by atoms with Crippen molar-refractivity contribution in [2.45, 2.75) is 63.5 Å². The van der Waals surface area contributed by atoms with Gasteiger partial charge in [0.1, 0.15) is 0 Å². The molecule has 1 saturated carbocycles. The number of hydrogen-bond acceptors (Lipinski definition) is 6. The Kier molecular flexibility index (Phi) is 16.5. The van der Waals surface area contributed by atoms with Crippen LogP contribution in [-0.4, -0.2) is 18.8 Å². The zero-order valence-corrected chi connectivity index (χ0v) is 11.7. The summed E-state index contributed by atoms with van der Waals surface area (Å²) in [5.74, 6) is 8.00. The van der Waals surface area contributed by atoms with E-state index >= 15 is 0 Å². The highest BCUT2D eigenvalue weighted by molar-refractivity contribution is 4.79. The van der Waals surface area contributed by atoms with Crippen molar-refractivity contribution in [1.29, 1.82) is 0 Å². The summed E-state index contributed by atoms with van der Waals surface area (Å²) in [5, 5.41) is 0. The molecule has 0 aromatic carbocycles. The summed E-state index contributed by atoms with van der Waals surface area (Å²) in [5.41, 5.74) is 21.5. The van der Waals surface area contributed by atoms with E-state index in [9.17, 15) is 0 Å². The zero-order chi connectivity index (χ0) is 14.3. The van der Waals surface area contributed by atoms with E-state index in [0.717, 1.165) is 38.8 Å². The number of rotatable bonds is 5. The molecule has 1 aliphatic rings. The van der Waals surface area contributed by atoms with Crippen molar-refractivity contribution in [3.8, 4) is 0 Å². The fourth-order valence-corrected chi connectivity index (χ4v) is 1.85. The molecular weight excluding hydrogens is 228 g/mol. The van der Waals surface area contributed by atoms with Gasteiger partial charge in [-0.15, -0.1) is 0 Å². The van der Waals surface area contributed by atoms with Crippen LogP contribution in [-0.2, 0) is 0 Å². The van der Waals surface area contributed by atoms with Gasteiger partial charge in [-0.25, -0.2) is 0 Å². The predicted molar refractivity (Wildman–Crippen MR) is 79.1 cm³/mol. The fourth-order valence-electron chi connectivity index (χ4n) is 1.85. The van der Waals surface area contributed by atoms with Crippen molar-refractivity contribution in [2.75, 3.05) is 13.1 Å². The molecule has 112 valence electrons. The minimum atomic E-state index is -0.321. The van der Waals surface area contributed by atoms with Crippen molar-refractivity contribution < 1.29 is 0 Å². The van der Waals surface area contributed by atoms with Crippen LogP contribution in [0.5, 0.6) is 0 Å². The number of hydrazine groups is 1. The lowest BCUT2D eigenvalue weighted by Crippen LogP contribution is -2.50.